The van der Waals surface area contributed by atoms with Crippen LogP contribution in [0.1, 0.15) is 36.7 Å². The number of carbonyl (C=O) groups excluding carboxylic acids is 1. The second-order valence-electron chi connectivity index (χ2n) is 7.12. The SMILES string of the molecule is COC(=O)c1ccc2c(C(C)(C)C)c(-c3ccccc3)n(C)c2c1. The van der Waals surface area contributed by atoms with Gasteiger partial charge in [-0.2, -0.15) is 0 Å². The van der Waals surface area contributed by atoms with Crippen LogP contribution in [0, 0.1) is 0 Å². The molecule has 1 aromatic heterocycles. The summed E-state index contributed by atoms with van der Waals surface area (Å²) < 4.78 is 7.04. The molecule has 0 N–H and O–H groups in total. The molecule has 0 radical (unpaired) electrons. The molecule has 24 heavy (non-hydrogen) atoms. The van der Waals surface area contributed by atoms with Crippen LogP contribution in [-0.4, -0.2) is 17.6 Å². The van der Waals surface area contributed by atoms with Gasteiger partial charge in [-0.05, 0) is 28.7 Å². The summed E-state index contributed by atoms with van der Waals surface area (Å²) >= 11 is 0. The average molecular weight is 321 g/mol. The lowest BCUT2D eigenvalue weighted by Gasteiger charge is -2.21. The number of methoxy groups -OCH3 is 1. The molecule has 0 aliphatic carbocycles. The highest BCUT2D eigenvalue weighted by atomic mass is 16.5. The zero-order valence-corrected chi connectivity index (χ0v) is 14.9. The quantitative estimate of drug-likeness (QED) is 0.627. The minimum atomic E-state index is -0.309. The van der Waals surface area contributed by atoms with Crippen LogP contribution in [0.3, 0.4) is 0 Å². The monoisotopic (exact) mass is 321 g/mol. The highest BCUT2D eigenvalue weighted by molar-refractivity contribution is 5.98. The lowest BCUT2D eigenvalue weighted by atomic mass is 9.83. The maximum Gasteiger partial charge on any atom is 0.337 e. The first kappa shape index (κ1) is 16.3. The maximum atomic E-state index is 11.9. The van der Waals surface area contributed by atoms with Crippen molar-refractivity contribution in [2.24, 2.45) is 7.05 Å². The van der Waals surface area contributed by atoms with Crippen LogP contribution in [-0.2, 0) is 17.2 Å². The molecule has 0 amide bonds. The first-order chi connectivity index (χ1) is 11.3. The molecular formula is C21H23NO2. The lowest BCUT2D eigenvalue weighted by Crippen LogP contribution is -2.12. The summed E-state index contributed by atoms with van der Waals surface area (Å²) in [5.74, 6) is -0.309. The standard InChI is InChI=1S/C21H23NO2/c1-21(2,3)18-16-12-11-15(20(23)24-5)13-17(16)22(4)19(18)14-9-7-6-8-10-14/h6-13H,1-5H3. The Morgan fingerprint density at radius 3 is 2.29 bits per heavy atom. The summed E-state index contributed by atoms with van der Waals surface area (Å²) in [5.41, 5.74) is 5.27. The number of carbonyl (C=O) groups is 1. The fourth-order valence-electron chi connectivity index (χ4n) is 3.37. The Balaban J connectivity index is 2.38. The number of benzene rings is 2. The molecule has 3 heteroatoms. The highest BCUT2D eigenvalue weighted by Gasteiger charge is 2.26. The molecule has 0 saturated heterocycles. The number of fused-ring (bicyclic) bond motifs is 1. The van der Waals surface area contributed by atoms with Gasteiger partial charge in [0.1, 0.15) is 0 Å². The summed E-state index contributed by atoms with van der Waals surface area (Å²) in [6, 6.07) is 16.2. The summed E-state index contributed by atoms with van der Waals surface area (Å²) in [7, 11) is 3.47. The van der Waals surface area contributed by atoms with Gasteiger partial charge in [-0.25, -0.2) is 4.79 Å². The van der Waals surface area contributed by atoms with E-state index >= 15 is 0 Å². The molecule has 0 spiro atoms. The molecule has 3 aromatic rings. The summed E-state index contributed by atoms with van der Waals surface area (Å²) in [4.78, 5) is 11.9. The fourth-order valence-corrected chi connectivity index (χ4v) is 3.37. The predicted molar refractivity (Wildman–Crippen MR) is 98.4 cm³/mol. The minimum absolute atomic E-state index is 0.0164. The van der Waals surface area contributed by atoms with Crippen LogP contribution in [0.25, 0.3) is 22.2 Å². The molecule has 0 atom stereocenters. The van der Waals surface area contributed by atoms with Crippen molar-refractivity contribution in [1.82, 2.24) is 4.57 Å². The van der Waals surface area contributed by atoms with Gasteiger partial charge in [-0.1, -0.05) is 57.2 Å². The van der Waals surface area contributed by atoms with E-state index in [0.29, 0.717) is 5.56 Å². The summed E-state index contributed by atoms with van der Waals surface area (Å²) in [6.07, 6.45) is 0. The van der Waals surface area contributed by atoms with E-state index < -0.39 is 0 Å². The van der Waals surface area contributed by atoms with Crippen LogP contribution >= 0.6 is 0 Å². The van der Waals surface area contributed by atoms with Crippen LogP contribution in [0.5, 0.6) is 0 Å². The third-order valence-electron chi connectivity index (χ3n) is 4.42. The summed E-state index contributed by atoms with van der Waals surface area (Å²) in [6.45, 7) is 6.67. The number of hydrogen-bond acceptors (Lipinski definition) is 2. The number of hydrogen-bond donors (Lipinski definition) is 0. The number of nitrogens with zero attached hydrogens (tertiary/aromatic N) is 1. The molecule has 3 rings (SSSR count). The smallest absolute Gasteiger partial charge is 0.337 e. The van der Waals surface area contributed by atoms with Crippen LogP contribution in [0.4, 0.5) is 0 Å². The van der Waals surface area contributed by atoms with Gasteiger partial charge in [0.15, 0.2) is 0 Å². The Morgan fingerprint density at radius 1 is 1.04 bits per heavy atom. The van der Waals surface area contributed by atoms with Gasteiger partial charge in [0.2, 0.25) is 0 Å². The second kappa shape index (κ2) is 5.82. The molecule has 124 valence electrons. The molecule has 0 saturated carbocycles. The third kappa shape index (κ3) is 2.60. The Kier molecular flexibility index (Phi) is 3.96. The zero-order chi connectivity index (χ0) is 17.5. The molecule has 0 bridgehead atoms. The van der Waals surface area contributed by atoms with E-state index in [-0.39, 0.29) is 11.4 Å². The van der Waals surface area contributed by atoms with E-state index in [0.717, 1.165) is 5.52 Å². The number of rotatable bonds is 2. The van der Waals surface area contributed by atoms with Gasteiger partial charge in [0.05, 0.1) is 18.4 Å². The van der Waals surface area contributed by atoms with Crippen molar-refractivity contribution < 1.29 is 9.53 Å². The van der Waals surface area contributed by atoms with Gasteiger partial charge < -0.3 is 9.30 Å². The van der Waals surface area contributed by atoms with Gasteiger partial charge >= 0.3 is 5.97 Å². The van der Waals surface area contributed by atoms with Crippen molar-refractivity contribution in [3.63, 3.8) is 0 Å². The van der Waals surface area contributed by atoms with Crippen molar-refractivity contribution in [2.75, 3.05) is 7.11 Å². The maximum absolute atomic E-state index is 11.9. The predicted octanol–water partition coefficient (Wildman–Crippen LogP) is 4.93. The molecule has 1 heterocycles. The van der Waals surface area contributed by atoms with Crippen molar-refractivity contribution in [3.05, 3.63) is 59.7 Å². The third-order valence-corrected chi connectivity index (χ3v) is 4.42. The number of aromatic nitrogens is 1. The fraction of sp³-hybridized carbons (Fsp3) is 0.286. The average Bonchev–Trinajstić information content (AvgIpc) is 2.87. The second-order valence-corrected chi connectivity index (χ2v) is 7.12. The molecule has 3 nitrogen and oxygen atoms in total. The van der Waals surface area contributed by atoms with Crippen molar-refractivity contribution >= 4 is 16.9 Å². The Hall–Kier alpha value is -2.55. The van der Waals surface area contributed by atoms with E-state index in [9.17, 15) is 4.79 Å². The van der Waals surface area contributed by atoms with E-state index in [1.807, 2.05) is 24.3 Å². The van der Waals surface area contributed by atoms with Crippen LogP contribution in [0.15, 0.2) is 48.5 Å². The molecule has 2 aromatic carbocycles. The molecular weight excluding hydrogens is 298 g/mol. The van der Waals surface area contributed by atoms with Crippen LogP contribution in [0.2, 0.25) is 0 Å². The van der Waals surface area contributed by atoms with Gasteiger partial charge in [-0.3, -0.25) is 0 Å². The number of esters is 1. The van der Waals surface area contributed by atoms with Crippen molar-refractivity contribution in [2.45, 2.75) is 26.2 Å². The Labute approximate surface area is 142 Å². The summed E-state index contributed by atoms with van der Waals surface area (Å²) in [5, 5.41) is 1.18. The topological polar surface area (TPSA) is 31.2 Å². The molecule has 0 fully saturated rings. The lowest BCUT2D eigenvalue weighted by molar-refractivity contribution is 0.0601. The van der Waals surface area contributed by atoms with E-state index in [1.54, 1.807) is 0 Å². The van der Waals surface area contributed by atoms with E-state index in [2.05, 4.69) is 56.7 Å². The zero-order valence-electron chi connectivity index (χ0n) is 14.9. The first-order valence-electron chi connectivity index (χ1n) is 8.11. The van der Waals surface area contributed by atoms with Gasteiger partial charge in [-0.15, -0.1) is 0 Å². The molecule has 0 unspecified atom stereocenters. The molecule has 0 aliphatic rings. The van der Waals surface area contributed by atoms with Gasteiger partial charge in [0, 0.05) is 18.0 Å². The normalized spacial score (nSPS) is 11.7. The van der Waals surface area contributed by atoms with Crippen LogP contribution < -0.4 is 0 Å². The van der Waals surface area contributed by atoms with Crippen molar-refractivity contribution in [3.8, 4) is 11.3 Å². The first-order valence-corrected chi connectivity index (χ1v) is 8.11. The number of aryl methyl sites for hydroxylation is 1. The largest absolute Gasteiger partial charge is 0.465 e. The minimum Gasteiger partial charge on any atom is -0.465 e. The van der Waals surface area contributed by atoms with Crippen molar-refractivity contribution in [1.29, 1.82) is 0 Å². The van der Waals surface area contributed by atoms with Gasteiger partial charge in [0.25, 0.3) is 0 Å². The Morgan fingerprint density at radius 2 is 1.71 bits per heavy atom. The number of ether oxygens (including phenoxy) is 1. The van der Waals surface area contributed by atoms with E-state index in [4.69, 9.17) is 4.74 Å². The Bertz CT molecular complexity index is 899. The highest BCUT2D eigenvalue weighted by Crippen LogP contribution is 2.40. The molecule has 0 aliphatic heterocycles. The van der Waals surface area contributed by atoms with E-state index in [1.165, 1.54) is 29.3 Å².